The molecule has 0 unspecified atom stereocenters. The fraction of sp³-hybridized carbons (Fsp3) is 0.286. The molecular weight excluding hydrogens is 332 g/mol. The van der Waals surface area contributed by atoms with Crippen LogP contribution in [0.2, 0.25) is 0 Å². The number of benzene rings is 2. The van der Waals surface area contributed by atoms with Gasteiger partial charge in [-0.05, 0) is 41.5 Å². The van der Waals surface area contributed by atoms with Crippen LogP contribution in [0.1, 0.15) is 38.3 Å². The van der Waals surface area contributed by atoms with Crippen molar-refractivity contribution in [3.63, 3.8) is 0 Å². The van der Waals surface area contributed by atoms with E-state index < -0.39 is 0 Å². The van der Waals surface area contributed by atoms with E-state index in [1.165, 1.54) is 7.11 Å². The lowest BCUT2D eigenvalue weighted by molar-refractivity contribution is -0.127. The number of hydrogen-bond donors (Lipinski definition) is 0. The van der Waals surface area contributed by atoms with Crippen LogP contribution in [0.15, 0.2) is 36.4 Å². The van der Waals surface area contributed by atoms with Crippen LogP contribution in [-0.4, -0.2) is 38.4 Å². The van der Waals surface area contributed by atoms with Crippen molar-refractivity contribution >= 4 is 18.0 Å². The molecule has 3 rings (SSSR count). The van der Waals surface area contributed by atoms with Gasteiger partial charge >= 0.3 is 0 Å². The lowest BCUT2D eigenvalue weighted by Crippen LogP contribution is -2.11. The molecule has 1 aliphatic rings. The van der Waals surface area contributed by atoms with Gasteiger partial charge in [-0.2, -0.15) is 0 Å². The molecule has 1 aliphatic carbocycles. The first-order valence-electron chi connectivity index (χ1n) is 8.51. The van der Waals surface area contributed by atoms with E-state index in [1.807, 2.05) is 18.2 Å². The van der Waals surface area contributed by atoms with Crippen LogP contribution in [0.5, 0.6) is 0 Å². The van der Waals surface area contributed by atoms with Gasteiger partial charge in [-0.3, -0.25) is 14.4 Å². The molecule has 0 heterocycles. The summed E-state index contributed by atoms with van der Waals surface area (Å²) in [5, 5.41) is 0. The van der Waals surface area contributed by atoms with Gasteiger partial charge in [-0.15, -0.1) is 0 Å². The van der Waals surface area contributed by atoms with Crippen LogP contribution in [-0.2, 0) is 27.1 Å². The number of ether oxygens (including phenoxy) is 2. The molecule has 26 heavy (non-hydrogen) atoms. The van der Waals surface area contributed by atoms with Crippen LogP contribution in [0.3, 0.4) is 0 Å². The summed E-state index contributed by atoms with van der Waals surface area (Å²) in [5.41, 5.74) is 5.55. The maximum atomic E-state index is 12.3. The highest BCUT2D eigenvalue weighted by Gasteiger charge is 2.22. The smallest absolute Gasteiger partial charge is 0.293 e. The number of Topliss-reactive ketones (excluding diaryl/α,β-unsaturated/α-hetero) is 2. The molecular formula is C21H20O5. The third-order valence-electron chi connectivity index (χ3n) is 4.66. The first kappa shape index (κ1) is 18.0. The van der Waals surface area contributed by atoms with E-state index in [0.717, 1.165) is 41.5 Å². The monoisotopic (exact) mass is 352 g/mol. The summed E-state index contributed by atoms with van der Waals surface area (Å²) in [6.45, 7) is 0.124. The number of methoxy groups -OCH3 is 1. The summed E-state index contributed by atoms with van der Waals surface area (Å²) in [5.74, 6) is -0.234. The van der Waals surface area contributed by atoms with Crippen molar-refractivity contribution in [3.05, 3.63) is 58.7 Å². The van der Waals surface area contributed by atoms with Gasteiger partial charge in [0.1, 0.15) is 6.61 Å². The SMILES string of the molecule is COCC(=O)c1ccc(-c2ccc(C(=O)COC=O)c3c2CCC3)cc1. The Bertz CT molecular complexity index is 836. The van der Waals surface area contributed by atoms with Gasteiger partial charge in [-0.1, -0.05) is 36.4 Å². The molecule has 0 aliphatic heterocycles. The summed E-state index contributed by atoms with van der Waals surface area (Å²) >= 11 is 0. The van der Waals surface area contributed by atoms with Crippen molar-refractivity contribution in [1.82, 2.24) is 0 Å². The van der Waals surface area contributed by atoms with Crippen LogP contribution < -0.4 is 0 Å². The first-order valence-corrected chi connectivity index (χ1v) is 8.51. The predicted octanol–water partition coefficient (Wildman–Crippen LogP) is 3.03. The van der Waals surface area contributed by atoms with Crippen molar-refractivity contribution in [3.8, 4) is 11.1 Å². The summed E-state index contributed by atoms with van der Waals surface area (Å²) in [6, 6.07) is 11.2. The molecule has 0 saturated carbocycles. The minimum absolute atomic E-state index is 0.0552. The predicted molar refractivity (Wildman–Crippen MR) is 96.5 cm³/mol. The van der Waals surface area contributed by atoms with Gasteiger partial charge in [0.2, 0.25) is 5.78 Å². The second-order valence-electron chi connectivity index (χ2n) is 6.24. The number of carbonyl (C=O) groups excluding carboxylic acids is 3. The van der Waals surface area contributed by atoms with E-state index in [4.69, 9.17) is 4.74 Å². The lowest BCUT2D eigenvalue weighted by Gasteiger charge is -2.13. The highest BCUT2D eigenvalue weighted by atomic mass is 16.5. The van der Waals surface area contributed by atoms with Crippen molar-refractivity contribution in [2.24, 2.45) is 0 Å². The van der Waals surface area contributed by atoms with Crippen LogP contribution in [0.4, 0.5) is 0 Å². The van der Waals surface area contributed by atoms with Crippen molar-refractivity contribution in [2.45, 2.75) is 19.3 Å². The number of rotatable bonds is 8. The topological polar surface area (TPSA) is 69.7 Å². The first-order chi connectivity index (χ1) is 12.7. The third kappa shape index (κ3) is 3.58. The van der Waals surface area contributed by atoms with Crippen LogP contribution in [0.25, 0.3) is 11.1 Å². The zero-order valence-electron chi connectivity index (χ0n) is 14.6. The van der Waals surface area contributed by atoms with Gasteiger partial charge in [-0.25, -0.2) is 0 Å². The quantitative estimate of drug-likeness (QED) is 0.539. The van der Waals surface area contributed by atoms with Gasteiger partial charge in [0, 0.05) is 18.2 Å². The molecule has 5 nitrogen and oxygen atoms in total. The standard InChI is InChI=1S/C21H20O5/c1-25-11-20(23)15-7-5-14(6-8-15)16-9-10-19(21(24)12-26-13-22)18-4-2-3-17(16)18/h5-10,13H,2-4,11-12H2,1H3. The second kappa shape index (κ2) is 8.06. The molecule has 2 aromatic carbocycles. The molecule has 0 bridgehead atoms. The zero-order valence-corrected chi connectivity index (χ0v) is 14.6. The molecule has 134 valence electrons. The Kier molecular flexibility index (Phi) is 5.58. The fourth-order valence-corrected chi connectivity index (χ4v) is 3.48. The molecule has 0 amide bonds. The van der Waals surface area contributed by atoms with Gasteiger partial charge in [0.15, 0.2) is 12.4 Å². The molecule has 0 N–H and O–H groups in total. The Morgan fingerprint density at radius 3 is 2.38 bits per heavy atom. The number of fused-ring (bicyclic) bond motifs is 1. The van der Waals surface area contributed by atoms with E-state index in [-0.39, 0.29) is 24.8 Å². The number of carbonyl (C=O) groups is 3. The normalized spacial score (nSPS) is 12.5. The molecule has 0 aromatic heterocycles. The highest BCUT2D eigenvalue weighted by Crippen LogP contribution is 2.35. The molecule has 0 atom stereocenters. The van der Waals surface area contributed by atoms with Crippen molar-refractivity contribution in [2.75, 3.05) is 20.3 Å². The Morgan fingerprint density at radius 2 is 1.69 bits per heavy atom. The second-order valence-corrected chi connectivity index (χ2v) is 6.24. The molecule has 2 aromatic rings. The third-order valence-corrected chi connectivity index (χ3v) is 4.66. The van der Waals surface area contributed by atoms with E-state index >= 15 is 0 Å². The number of ketones is 2. The average Bonchev–Trinajstić information content (AvgIpc) is 3.15. The van der Waals surface area contributed by atoms with Crippen LogP contribution in [0, 0.1) is 0 Å². The van der Waals surface area contributed by atoms with E-state index in [0.29, 0.717) is 17.6 Å². The molecule has 0 spiro atoms. The Balaban J connectivity index is 1.92. The minimum atomic E-state index is -0.231. The summed E-state index contributed by atoms with van der Waals surface area (Å²) in [7, 11) is 1.50. The number of hydrogen-bond acceptors (Lipinski definition) is 5. The minimum Gasteiger partial charge on any atom is -0.459 e. The van der Waals surface area contributed by atoms with E-state index in [1.54, 1.807) is 18.2 Å². The maximum absolute atomic E-state index is 12.3. The van der Waals surface area contributed by atoms with Gasteiger partial charge in [0.05, 0.1) is 0 Å². The molecule has 0 saturated heterocycles. The summed E-state index contributed by atoms with van der Waals surface area (Å²) < 4.78 is 9.49. The Morgan fingerprint density at radius 1 is 0.962 bits per heavy atom. The van der Waals surface area contributed by atoms with E-state index in [9.17, 15) is 14.4 Å². The molecule has 5 heteroatoms. The lowest BCUT2D eigenvalue weighted by atomic mass is 9.91. The van der Waals surface area contributed by atoms with E-state index in [2.05, 4.69) is 4.74 Å². The Hall–Kier alpha value is -2.79. The van der Waals surface area contributed by atoms with Crippen molar-refractivity contribution in [1.29, 1.82) is 0 Å². The fourth-order valence-electron chi connectivity index (χ4n) is 3.48. The Labute approximate surface area is 151 Å². The largest absolute Gasteiger partial charge is 0.459 e. The molecule has 0 fully saturated rings. The van der Waals surface area contributed by atoms with Gasteiger partial charge in [0.25, 0.3) is 6.47 Å². The summed E-state index contributed by atoms with van der Waals surface area (Å²) in [4.78, 5) is 34.5. The molecule has 0 radical (unpaired) electrons. The zero-order chi connectivity index (χ0) is 18.5. The van der Waals surface area contributed by atoms with Crippen molar-refractivity contribution < 1.29 is 23.9 Å². The summed E-state index contributed by atoms with van der Waals surface area (Å²) in [6.07, 6.45) is 2.74. The average molecular weight is 352 g/mol. The van der Waals surface area contributed by atoms with Crippen LogP contribution >= 0.6 is 0 Å². The van der Waals surface area contributed by atoms with Gasteiger partial charge < -0.3 is 9.47 Å². The maximum Gasteiger partial charge on any atom is 0.293 e. The highest BCUT2D eigenvalue weighted by molar-refractivity contribution is 6.00.